The number of amides is 1. The van der Waals surface area contributed by atoms with Crippen molar-refractivity contribution < 1.29 is 4.79 Å². The molecule has 1 aliphatic heterocycles. The van der Waals surface area contributed by atoms with Crippen LogP contribution >= 0.6 is 0 Å². The van der Waals surface area contributed by atoms with E-state index in [1.807, 2.05) is 12.4 Å². The van der Waals surface area contributed by atoms with E-state index < -0.39 is 0 Å². The number of fused-ring (bicyclic) bond motifs is 1. The molecule has 0 spiro atoms. The molecule has 0 bridgehead atoms. The summed E-state index contributed by atoms with van der Waals surface area (Å²) in [5, 5.41) is 4.14. The maximum atomic E-state index is 12.3. The molecule has 1 saturated heterocycles. The number of nitrogens with one attached hydrogen (secondary N) is 2. The van der Waals surface area contributed by atoms with E-state index in [2.05, 4.69) is 34.0 Å². The molecule has 2 fully saturated rings. The van der Waals surface area contributed by atoms with Crippen molar-refractivity contribution in [3.05, 3.63) is 18.0 Å². The minimum absolute atomic E-state index is 0.122. The van der Waals surface area contributed by atoms with Crippen LogP contribution in [0.25, 0.3) is 11.0 Å². The molecule has 1 unspecified atom stereocenters. The lowest BCUT2D eigenvalue weighted by Gasteiger charge is -2.35. The third-order valence-electron chi connectivity index (χ3n) is 5.30. The molecule has 1 atom stereocenters. The normalized spacial score (nSPS) is 21.1. The van der Waals surface area contributed by atoms with Crippen LogP contribution in [0, 0.1) is 5.92 Å². The van der Waals surface area contributed by atoms with E-state index in [0.29, 0.717) is 5.92 Å². The Morgan fingerprint density at radius 2 is 2.20 bits per heavy atom. The van der Waals surface area contributed by atoms with Crippen LogP contribution in [0.3, 0.4) is 0 Å². The highest BCUT2D eigenvalue weighted by Crippen LogP contribution is 2.40. The molecule has 134 valence electrons. The predicted molar refractivity (Wildman–Crippen MR) is 101 cm³/mol. The number of piperidine rings is 1. The fourth-order valence-electron chi connectivity index (χ4n) is 3.75. The number of anilines is 2. The summed E-state index contributed by atoms with van der Waals surface area (Å²) in [7, 11) is 0. The van der Waals surface area contributed by atoms with Crippen molar-refractivity contribution in [3.8, 4) is 0 Å². The van der Waals surface area contributed by atoms with Gasteiger partial charge >= 0.3 is 0 Å². The van der Waals surface area contributed by atoms with E-state index in [1.54, 1.807) is 0 Å². The lowest BCUT2D eigenvalue weighted by Crippen LogP contribution is -2.43. The Morgan fingerprint density at radius 1 is 1.40 bits per heavy atom. The largest absolute Gasteiger partial charge is 0.369 e. The number of rotatable bonds is 4. The SMILES string of the molecule is CC(C)c1cnc2[nH]cc(NC(=O)C3CC3)c2c1N1CCCC(N)C1. The fraction of sp³-hybridized carbons (Fsp3) is 0.579. The van der Waals surface area contributed by atoms with E-state index >= 15 is 0 Å². The average molecular weight is 341 g/mol. The van der Waals surface area contributed by atoms with Crippen LogP contribution in [0.15, 0.2) is 12.4 Å². The first kappa shape index (κ1) is 16.4. The Hall–Kier alpha value is -2.08. The number of hydrogen-bond donors (Lipinski definition) is 3. The summed E-state index contributed by atoms with van der Waals surface area (Å²) in [4.78, 5) is 22.5. The van der Waals surface area contributed by atoms with Crippen molar-refractivity contribution in [2.75, 3.05) is 23.3 Å². The van der Waals surface area contributed by atoms with Crippen LogP contribution in [0.5, 0.6) is 0 Å². The first-order chi connectivity index (χ1) is 12.0. The summed E-state index contributed by atoms with van der Waals surface area (Å²) < 4.78 is 0. The zero-order valence-corrected chi connectivity index (χ0v) is 15.0. The highest BCUT2D eigenvalue weighted by atomic mass is 16.2. The molecular weight excluding hydrogens is 314 g/mol. The van der Waals surface area contributed by atoms with Gasteiger partial charge in [0.05, 0.1) is 16.8 Å². The van der Waals surface area contributed by atoms with Gasteiger partial charge in [-0.25, -0.2) is 4.98 Å². The molecular formula is C19H27N5O. The minimum atomic E-state index is 0.122. The molecule has 3 heterocycles. The standard InChI is InChI=1S/C19H27N5O/c1-11(2)14-8-21-18-16(17(14)24-7-3-4-13(20)10-24)15(9-22-18)23-19(25)12-5-6-12/h8-9,11-13H,3-7,10,20H2,1-2H3,(H,21,22)(H,23,25). The van der Waals surface area contributed by atoms with Crippen LogP contribution in [0.2, 0.25) is 0 Å². The predicted octanol–water partition coefficient (Wildman–Crippen LogP) is 2.96. The number of aromatic amines is 1. The van der Waals surface area contributed by atoms with Gasteiger partial charge in [0, 0.05) is 37.4 Å². The number of nitrogens with two attached hydrogens (primary N) is 1. The van der Waals surface area contributed by atoms with Gasteiger partial charge in [0.1, 0.15) is 5.65 Å². The summed E-state index contributed by atoms with van der Waals surface area (Å²) in [6.07, 6.45) is 7.99. The van der Waals surface area contributed by atoms with Gasteiger partial charge in [-0.15, -0.1) is 0 Å². The van der Waals surface area contributed by atoms with Crippen LogP contribution in [0.1, 0.15) is 51.0 Å². The van der Waals surface area contributed by atoms with Gasteiger partial charge < -0.3 is 20.9 Å². The topological polar surface area (TPSA) is 87.0 Å². The van der Waals surface area contributed by atoms with Crippen LogP contribution in [0.4, 0.5) is 11.4 Å². The molecule has 0 radical (unpaired) electrons. The molecule has 2 aromatic heterocycles. The zero-order valence-electron chi connectivity index (χ0n) is 15.0. The number of H-pyrrole nitrogens is 1. The van der Waals surface area contributed by atoms with Crippen LogP contribution in [-0.2, 0) is 4.79 Å². The quantitative estimate of drug-likeness (QED) is 0.798. The third-order valence-corrected chi connectivity index (χ3v) is 5.30. The molecule has 4 N–H and O–H groups in total. The molecule has 2 aliphatic rings. The summed E-state index contributed by atoms with van der Waals surface area (Å²) in [6, 6.07) is 0.195. The van der Waals surface area contributed by atoms with Gasteiger partial charge in [0.25, 0.3) is 0 Å². The van der Waals surface area contributed by atoms with Gasteiger partial charge in [0.2, 0.25) is 5.91 Å². The maximum absolute atomic E-state index is 12.3. The highest BCUT2D eigenvalue weighted by molar-refractivity contribution is 6.08. The monoisotopic (exact) mass is 341 g/mol. The van der Waals surface area contributed by atoms with E-state index in [0.717, 1.165) is 55.5 Å². The first-order valence-electron chi connectivity index (χ1n) is 9.36. The van der Waals surface area contributed by atoms with Gasteiger partial charge in [-0.3, -0.25) is 4.79 Å². The fourth-order valence-corrected chi connectivity index (χ4v) is 3.75. The van der Waals surface area contributed by atoms with E-state index in [-0.39, 0.29) is 17.9 Å². The number of carbonyl (C=O) groups is 1. The van der Waals surface area contributed by atoms with Crippen molar-refractivity contribution in [1.29, 1.82) is 0 Å². The van der Waals surface area contributed by atoms with Gasteiger partial charge in [-0.1, -0.05) is 13.8 Å². The van der Waals surface area contributed by atoms with Crippen LogP contribution in [-0.4, -0.2) is 35.0 Å². The van der Waals surface area contributed by atoms with Crippen molar-refractivity contribution >= 4 is 28.3 Å². The molecule has 1 aliphatic carbocycles. The van der Waals surface area contributed by atoms with Crippen LogP contribution < -0.4 is 16.0 Å². The van der Waals surface area contributed by atoms with Gasteiger partial charge in [0.15, 0.2) is 0 Å². The molecule has 1 amide bonds. The van der Waals surface area contributed by atoms with Crippen molar-refractivity contribution in [2.45, 2.75) is 51.5 Å². The first-order valence-corrected chi connectivity index (χ1v) is 9.36. The van der Waals surface area contributed by atoms with E-state index in [1.165, 1.54) is 11.3 Å². The second-order valence-corrected chi connectivity index (χ2v) is 7.75. The summed E-state index contributed by atoms with van der Waals surface area (Å²) >= 11 is 0. The Balaban J connectivity index is 1.81. The van der Waals surface area contributed by atoms with Gasteiger partial charge in [-0.2, -0.15) is 0 Å². The lowest BCUT2D eigenvalue weighted by molar-refractivity contribution is -0.117. The average Bonchev–Trinajstić information content (AvgIpc) is 3.36. The molecule has 6 heteroatoms. The molecule has 1 saturated carbocycles. The highest BCUT2D eigenvalue weighted by Gasteiger charge is 2.31. The number of nitrogens with zero attached hydrogens (tertiary/aromatic N) is 2. The maximum Gasteiger partial charge on any atom is 0.227 e. The molecule has 0 aromatic carbocycles. The zero-order chi connectivity index (χ0) is 17.6. The molecule has 25 heavy (non-hydrogen) atoms. The van der Waals surface area contributed by atoms with Crippen molar-refractivity contribution in [1.82, 2.24) is 9.97 Å². The number of hydrogen-bond acceptors (Lipinski definition) is 4. The summed E-state index contributed by atoms with van der Waals surface area (Å²) in [5.74, 6) is 0.655. The Labute approximate surface area is 148 Å². The smallest absolute Gasteiger partial charge is 0.227 e. The Bertz CT molecular complexity index is 792. The Morgan fingerprint density at radius 3 is 2.88 bits per heavy atom. The van der Waals surface area contributed by atoms with E-state index in [4.69, 9.17) is 5.73 Å². The van der Waals surface area contributed by atoms with Gasteiger partial charge in [-0.05, 0) is 37.2 Å². The van der Waals surface area contributed by atoms with Crippen molar-refractivity contribution in [2.24, 2.45) is 11.7 Å². The second kappa shape index (κ2) is 6.33. The van der Waals surface area contributed by atoms with Crippen molar-refractivity contribution in [3.63, 3.8) is 0 Å². The van der Waals surface area contributed by atoms with E-state index in [9.17, 15) is 4.79 Å². The molecule has 2 aromatic rings. The summed E-state index contributed by atoms with van der Waals surface area (Å²) in [5.41, 5.74) is 10.3. The number of aromatic nitrogens is 2. The number of pyridine rings is 1. The summed E-state index contributed by atoms with van der Waals surface area (Å²) in [6.45, 7) is 6.21. The molecule has 6 nitrogen and oxygen atoms in total. The lowest BCUT2D eigenvalue weighted by atomic mass is 9.97. The number of carbonyl (C=O) groups excluding carboxylic acids is 1. The molecule has 4 rings (SSSR count). The second-order valence-electron chi connectivity index (χ2n) is 7.75. The third kappa shape index (κ3) is 3.11. The Kier molecular flexibility index (Phi) is 4.15. The minimum Gasteiger partial charge on any atom is -0.369 e.